The average Bonchev–Trinajstić information content (AvgIpc) is 2.68. The highest BCUT2D eigenvalue weighted by Crippen LogP contribution is 2.47. The molecule has 0 amide bonds. The molecule has 2 bridgehead atoms. The van der Waals surface area contributed by atoms with E-state index < -0.39 is 0 Å². The number of halogens is 1. The van der Waals surface area contributed by atoms with Crippen molar-refractivity contribution in [3.8, 4) is 5.75 Å². The molecule has 1 aliphatic carbocycles. The summed E-state index contributed by atoms with van der Waals surface area (Å²) in [5.41, 5.74) is 2.50. The van der Waals surface area contributed by atoms with Gasteiger partial charge in [0.1, 0.15) is 5.75 Å². The number of phenols is 1. The van der Waals surface area contributed by atoms with E-state index in [9.17, 15) is 15.2 Å². The lowest BCUT2D eigenvalue weighted by Crippen LogP contribution is -2.52. The number of phenolic OH excluding ortho intramolecular Hbond substituents is 1. The molecule has 0 aromatic heterocycles. The van der Waals surface area contributed by atoms with Crippen LogP contribution in [0.5, 0.6) is 5.75 Å². The lowest BCUT2D eigenvalue weighted by molar-refractivity contribution is -0.385. The van der Waals surface area contributed by atoms with Crippen molar-refractivity contribution in [2.75, 3.05) is 13.1 Å². The van der Waals surface area contributed by atoms with Crippen LogP contribution in [0.1, 0.15) is 43.2 Å². The maximum Gasteiger partial charge on any atom is 0.272 e. The third-order valence-corrected chi connectivity index (χ3v) is 6.53. The highest BCUT2D eigenvalue weighted by molar-refractivity contribution is 5.85. The Morgan fingerprint density at radius 2 is 2.00 bits per heavy atom. The van der Waals surface area contributed by atoms with Crippen molar-refractivity contribution in [3.63, 3.8) is 0 Å². The van der Waals surface area contributed by atoms with E-state index in [1.807, 2.05) is 24.3 Å². The molecule has 1 aliphatic heterocycles. The van der Waals surface area contributed by atoms with Gasteiger partial charge in [-0.25, -0.2) is 0 Å². The van der Waals surface area contributed by atoms with Gasteiger partial charge in [-0.1, -0.05) is 36.8 Å². The molecule has 2 atom stereocenters. The molecule has 2 aromatic carbocycles. The molecule has 0 spiro atoms. The molecule has 1 saturated carbocycles. The zero-order valence-corrected chi connectivity index (χ0v) is 16.7. The van der Waals surface area contributed by atoms with Crippen molar-refractivity contribution >= 4 is 18.1 Å². The quantitative estimate of drug-likeness (QED) is 0.573. The van der Waals surface area contributed by atoms with E-state index in [-0.39, 0.29) is 28.4 Å². The van der Waals surface area contributed by atoms with Gasteiger partial charge in [-0.3, -0.25) is 15.0 Å². The fraction of sp³-hybridized carbons (Fsp3) is 0.455. The first-order valence-electron chi connectivity index (χ1n) is 9.83. The molecule has 1 N–H and O–H groups in total. The van der Waals surface area contributed by atoms with E-state index in [1.54, 1.807) is 18.2 Å². The lowest BCUT2D eigenvalue weighted by atomic mass is 9.63. The summed E-state index contributed by atoms with van der Waals surface area (Å²) in [6, 6.07) is 15.4. The van der Waals surface area contributed by atoms with E-state index in [2.05, 4.69) is 11.0 Å². The molecule has 1 saturated heterocycles. The summed E-state index contributed by atoms with van der Waals surface area (Å²) in [6.07, 6.45) is 6.49. The van der Waals surface area contributed by atoms with Gasteiger partial charge in [-0.15, -0.1) is 12.4 Å². The summed E-state index contributed by atoms with van der Waals surface area (Å²) in [6.45, 7) is 1.88. The number of piperidine rings is 1. The summed E-state index contributed by atoms with van der Waals surface area (Å²) in [4.78, 5) is 13.5. The maximum atomic E-state index is 11.2. The molecule has 5 nitrogen and oxygen atoms in total. The van der Waals surface area contributed by atoms with Crippen LogP contribution < -0.4 is 0 Å². The summed E-state index contributed by atoms with van der Waals surface area (Å²) >= 11 is 0. The molecule has 6 heteroatoms. The SMILES string of the molecule is Cl.O=[N+]([O-])c1ccccc1CCN1CC[C@]2(c3cccc(O)c3)CCC[C@H]1C2. The largest absolute Gasteiger partial charge is 0.508 e. The van der Waals surface area contributed by atoms with E-state index in [0.29, 0.717) is 18.2 Å². The number of hydrogen-bond donors (Lipinski definition) is 1. The van der Waals surface area contributed by atoms with E-state index in [4.69, 9.17) is 0 Å². The van der Waals surface area contributed by atoms with Gasteiger partial charge >= 0.3 is 0 Å². The number of aromatic hydroxyl groups is 1. The van der Waals surface area contributed by atoms with Gasteiger partial charge in [0, 0.05) is 24.2 Å². The van der Waals surface area contributed by atoms with Crippen LogP contribution in [0.3, 0.4) is 0 Å². The normalized spacial score (nSPS) is 24.4. The Balaban J connectivity index is 0.00000225. The van der Waals surface area contributed by atoms with Crippen LogP contribution in [0.25, 0.3) is 0 Å². The van der Waals surface area contributed by atoms with Crippen LogP contribution in [0.2, 0.25) is 0 Å². The number of nitro groups is 1. The zero-order valence-electron chi connectivity index (χ0n) is 15.9. The highest BCUT2D eigenvalue weighted by atomic mass is 35.5. The number of hydrogen-bond acceptors (Lipinski definition) is 4. The third kappa shape index (κ3) is 4.01. The second-order valence-corrected chi connectivity index (χ2v) is 8.00. The molecular weight excluding hydrogens is 376 g/mol. The molecule has 2 aliphatic rings. The first-order chi connectivity index (χ1) is 13.1. The predicted octanol–water partition coefficient (Wildman–Crippen LogP) is 4.85. The Labute approximate surface area is 171 Å². The summed E-state index contributed by atoms with van der Waals surface area (Å²) in [5.74, 6) is 0.350. The monoisotopic (exact) mass is 402 g/mol. The summed E-state index contributed by atoms with van der Waals surface area (Å²) in [7, 11) is 0. The fourth-order valence-corrected chi connectivity index (χ4v) is 5.11. The van der Waals surface area contributed by atoms with Crippen LogP contribution >= 0.6 is 12.4 Å². The molecule has 1 heterocycles. The molecule has 28 heavy (non-hydrogen) atoms. The van der Waals surface area contributed by atoms with Gasteiger partial charge in [0.25, 0.3) is 5.69 Å². The minimum atomic E-state index is -0.279. The van der Waals surface area contributed by atoms with E-state index in [1.165, 1.54) is 24.8 Å². The third-order valence-electron chi connectivity index (χ3n) is 6.53. The van der Waals surface area contributed by atoms with Crippen LogP contribution in [-0.4, -0.2) is 34.1 Å². The number of para-hydroxylation sites is 1. The van der Waals surface area contributed by atoms with Crippen molar-refractivity contribution < 1.29 is 10.0 Å². The molecule has 2 aromatic rings. The lowest BCUT2D eigenvalue weighted by Gasteiger charge is -2.51. The topological polar surface area (TPSA) is 66.6 Å². The molecular formula is C22H27ClN2O3. The van der Waals surface area contributed by atoms with Crippen LogP contribution in [0.15, 0.2) is 48.5 Å². The van der Waals surface area contributed by atoms with E-state index in [0.717, 1.165) is 31.5 Å². The van der Waals surface area contributed by atoms with Crippen molar-refractivity contribution in [1.82, 2.24) is 4.90 Å². The number of likely N-dealkylation sites (tertiary alicyclic amines) is 1. The zero-order chi connectivity index (χ0) is 18.9. The minimum Gasteiger partial charge on any atom is -0.508 e. The van der Waals surface area contributed by atoms with Gasteiger partial charge < -0.3 is 5.11 Å². The van der Waals surface area contributed by atoms with Gasteiger partial charge in [0.15, 0.2) is 0 Å². The highest BCUT2D eigenvalue weighted by Gasteiger charge is 2.43. The van der Waals surface area contributed by atoms with Crippen molar-refractivity contribution in [1.29, 1.82) is 0 Å². The number of nitrogens with zero attached hydrogens (tertiary/aromatic N) is 2. The first kappa shape index (κ1) is 20.6. The number of fused-ring (bicyclic) bond motifs is 2. The standard InChI is InChI=1S/C22H26N2O3.ClH/c25-20-8-3-6-18(15-20)22-11-4-7-19(16-22)23(14-12-22)13-10-17-5-1-2-9-21(17)24(26)27;/h1-3,5-6,8-9,15,19,25H,4,7,10-14,16H2;1H/t19-,22+;/m0./s1. The van der Waals surface area contributed by atoms with Crippen molar-refractivity contribution in [2.24, 2.45) is 0 Å². The predicted molar refractivity (Wildman–Crippen MR) is 112 cm³/mol. The number of nitro benzene ring substituents is 1. The van der Waals surface area contributed by atoms with Crippen LogP contribution in [-0.2, 0) is 11.8 Å². The van der Waals surface area contributed by atoms with Gasteiger partial charge in [0.2, 0.25) is 0 Å². The van der Waals surface area contributed by atoms with Crippen molar-refractivity contribution in [3.05, 3.63) is 69.8 Å². The Morgan fingerprint density at radius 3 is 2.79 bits per heavy atom. The molecule has 4 rings (SSSR count). The Hall–Kier alpha value is -2.11. The first-order valence-corrected chi connectivity index (χ1v) is 9.83. The van der Waals surface area contributed by atoms with Crippen LogP contribution in [0.4, 0.5) is 5.69 Å². The fourth-order valence-electron chi connectivity index (χ4n) is 5.11. The molecule has 150 valence electrons. The van der Waals surface area contributed by atoms with Crippen LogP contribution in [0, 0.1) is 10.1 Å². The summed E-state index contributed by atoms with van der Waals surface area (Å²) in [5, 5.41) is 21.1. The molecule has 0 radical (unpaired) electrons. The van der Waals surface area contributed by atoms with Gasteiger partial charge in [-0.2, -0.15) is 0 Å². The number of benzene rings is 2. The van der Waals surface area contributed by atoms with Gasteiger partial charge in [-0.05, 0) is 61.8 Å². The average molecular weight is 403 g/mol. The Kier molecular flexibility index (Phi) is 6.26. The minimum absolute atomic E-state index is 0. The Bertz CT molecular complexity index is 844. The van der Waals surface area contributed by atoms with Gasteiger partial charge in [0.05, 0.1) is 4.92 Å². The second-order valence-electron chi connectivity index (χ2n) is 8.00. The van der Waals surface area contributed by atoms with E-state index >= 15 is 0 Å². The maximum absolute atomic E-state index is 11.2. The number of rotatable bonds is 5. The van der Waals surface area contributed by atoms with Crippen molar-refractivity contribution in [2.45, 2.75) is 50.0 Å². The molecule has 0 unspecified atom stereocenters. The summed E-state index contributed by atoms with van der Waals surface area (Å²) < 4.78 is 0. The second kappa shape index (κ2) is 8.50. The Morgan fingerprint density at radius 1 is 1.18 bits per heavy atom. The molecule has 2 fully saturated rings. The smallest absolute Gasteiger partial charge is 0.272 e.